The summed E-state index contributed by atoms with van der Waals surface area (Å²) >= 11 is 0. The van der Waals surface area contributed by atoms with Crippen LogP contribution in [-0.2, 0) is 0 Å². The molecule has 3 aromatic rings. The Kier molecular flexibility index (Phi) is 4.30. The van der Waals surface area contributed by atoms with E-state index in [-0.39, 0.29) is 5.91 Å². The van der Waals surface area contributed by atoms with Crippen molar-refractivity contribution in [3.63, 3.8) is 0 Å². The molecule has 1 aromatic heterocycles. The van der Waals surface area contributed by atoms with Gasteiger partial charge in [0.05, 0.1) is 22.4 Å². The monoisotopic (exact) mass is 319 g/mol. The summed E-state index contributed by atoms with van der Waals surface area (Å²) in [5.74, 6) is 0.328. The lowest BCUT2D eigenvalue weighted by atomic mass is 10.0. The average molecular weight is 319 g/mol. The van der Waals surface area contributed by atoms with E-state index >= 15 is 0 Å². The zero-order chi connectivity index (χ0) is 17.3. The summed E-state index contributed by atoms with van der Waals surface area (Å²) in [6.07, 6.45) is 0. The van der Waals surface area contributed by atoms with Gasteiger partial charge in [0.15, 0.2) is 0 Å². The summed E-state index contributed by atoms with van der Waals surface area (Å²) in [5.41, 5.74) is 5.94. The van der Waals surface area contributed by atoms with Crippen molar-refractivity contribution >= 4 is 22.6 Å². The number of carbonyl (C=O) groups excluding carboxylic acids is 1. The lowest BCUT2D eigenvalue weighted by molar-refractivity contribution is 0.102. The molecule has 0 aliphatic rings. The number of nitrogens with zero attached hydrogens (tertiary/aromatic N) is 2. The standard InChI is InChI=1S/C20H21N3O/c1-12(2)15-5-8-17(9-6-15)23-20(24)16-7-10-18-19(11-16)22-14(4)13(3)21-18/h5-12H,1-4H3,(H,23,24). The van der Waals surface area contributed by atoms with Gasteiger partial charge in [-0.05, 0) is 55.7 Å². The zero-order valence-electron chi connectivity index (χ0n) is 14.4. The Morgan fingerprint density at radius 1 is 0.917 bits per heavy atom. The third kappa shape index (κ3) is 3.27. The second kappa shape index (κ2) is 6.40. The molecular weight excluding hydrogens is 298 g/mol. The van der Waals surface area contributed by atoms with E-state index in [0.717, 1.165) is 28.1 Å². The van der Waals surface area contributed by atoms with E-state index in [1.807, 2.05) is 44.2 Å². The first kappa shape index (κ1) is 16.1. The van der Waals surface area contributed by atoms with Gasteiger partial charge in [0, 0.05) is 11.3 Å². The quantitative estimate of drug-likeness (QED) is 0.766. The van der Waals surface area contributed by atoms with E-state index in [0.29, 0.717) is 11.5 Å². The maximum Gasteiger partial charge on any atom is 0.255 e. The van der Waals surface area contributed by atoms with Gasteiger partial charge in [-0.3, -0.25) is 4.79 Å². The van der Waals surface area contributed by atoms with Crippen LogP contribution in [0.25, 0.3) is 11.0 Å². The van der Waals surface area contributed by atoms with Crippen LogP contribution >= 0.6 is 0 Å². The molecule has 122 valence electrons. The molecular formula is C20H21N3O. The molecule has 24 heavy (non-hydrogen) atoms. The third-order valence-electron chi connectivity index (χ3n) is 4.17. The fourth-order valence-electron chi connectivity index (χ4n) is 2.53. The van der Waals surface area contributed by atoms with E-state index in [9.17, 15) is 4.79 Å². The van der Waals surface area contributed by atoms with Gasteiger partial charge in [0.25, 0.3) is 5.91 Å². The van der Waals surface area contributed by atoms with Crippen molar-refractivity contribution in [3.05, 3.63) is 65.0 Å². The molecule has 0 spiro atoms. The maximum absolute atomic E-state index is 12.5. The zero-order valence-corrected chi connectivity index (χ0v) is 14.4. The van der Waals surface area contributed by atoms with Crippen molar-refractivity contribution in [1.82, 2.24) is 9.97 Å². The molecule has 0 radical (unpaired) electrons. The summed E-state index contributed by atoms with van der Waals surface area (Å²) in [7, 11) is 0. The molecule has 4 nitrogen and oxygen atoms in total. The van der Waals surface area contributed by atoms with E-state index in [2.05, 4.69) is 29.1 Å². The van der Waals surface area contributed by atoms with Crippen LogP contribution in [0, 0.1) is 13.8 Å². The van der Waals surface area contributed by atoms with Crippen LogP contribution in [0.2, 0.25) is 0 Å². The molecule has 0 aliphatic heterocycles. The van der Waals surface area contributed by atoms with Gasteiger partial charge in [0.2, 0.25) is 0 Å². The van der Waals surface area contributed by atoms with Gasteiger partial charge in [-0.1, -0.05) is 26.0 Å². The lowest BCUT2D eigenvalue weighted by Crippen LogP contribution is -2.12. The molecule has 0 bridgehead atoms. The second-order valence-corrected chi connectivity index (χ2v) is 6.33. The summed E-state index contributed by atoms with van der Waals surface area (Å²) in [6.45, 7) is 8.15. The molecule has 1 heterocycles. The largest absolute Gasteiger partial charge is 0.322 e. The first-order valence-electron chi connectivity index (χ1n) is 8.10. The van der Waals surface area contributed by atoms with Crippen LogP contribution in [0.1, 0.15) is 47.1 Å². The Balaban J connectivity index is 1.84. The van der Waals surface area contributed by atoms with E-state index in [1.165, 1.54) is 5.56 Å². The molecule has 0 atom stereocenters. The van der Waals surface area contributed by atoms with Crippen LogP contribution in [0.4, 0.5) is 5.69 Å². The van der Waals surface area contributed by atoms with Crippen molar-refractivity contribution in [2.75, 3.05) is 5.32 Å². The molecule has 0 saturated carbocycles. The number of anilines is 1. The number of rotatable bonds is 3. The fraction of sp³-hybridized carbons (Fsp3) is 0.250. The van der Waals surface area contributed by atoms with Gasteiger partial charge in [-0.15, -0.1) is 0 Å². The van der Waals surface area contributed by atoms with Crippen molar-refractivity contribution in [3.8, 4) is 0 Å². The van der Waals surface area contributed by atoms with E-state index < -0.39 is 0 Å². The number of nitrogens with one attached hydrogen (secondary N) is 1. The summed E-state index contributed by atoms with van der Waals surface area (Å²) in [5, 5.41) is 2.93. The van der Waals surface area contributed by atoms with Gasteiger partial charge in [-0.2, -0.15) is 0 Å². The second-order valence-electron chi connectivity index (χ2n) is 6.33. The first-order chi connectivity index (χ1) is 11.4. The third-order valence-corrected chi connectivity index (χ3v) is 4.17. The minimum atomic E-state index is -0.144. The number of hydrogen-bond acceptors (Lipinski definition) is 3. The minimum absolute atomic E-state index is 0.144. The average Bonchev–Trinajstić information content (AvgIpc) is 2.56. The van der Waals surface area contributed by atoms with Crippen molar-refractivity contribution in [2.45, 2.75) is 33.6 Å². The fourth-order valence-corrected chi connectivity index (χ4v) is 2.53. The summed E-state index contributed by atoms with van der Waals surface area (Å²) < 4.78 is 0. The Bertz CT molecular complexity index is 899. The first-order valence-corrected chi connectivity index (χ1v) is 8.10. The summed E-state index contributed by atoms with van der Waals surface area (Å²) in [6, 6.07) is 13.3. The Hall–Kier alpha value is -2.75. The molecule has 0 unspecified atom stereocenters. The number of aryl methyl sites for hydroxylation is 2. The Morgan fingerprint density at radius 2 is 1.54 bits per heavy atom. The van der Waals surface area contributed by atoms with Crippen molar-refractivity contribution in [2.24, 2.45) is 0 Å². The molecule has 2 aromatic carbocycles. The highest BCUT2D eigenvalue weighted by molar-refractivity contribution is 6.05. The van der Waals surface area contributed by atoms with Crippen molar-refractivity contribution in [1.29, 1.82) is 0 Å². The SMILES string of the molecule is Cc1nc2ccc(C(=O)Nc3ccc(C(C)C)cc3)cc2nc1C. The normalized spacial score (nSPS) is 11.0. The molecule has 3 rings (SSSR count). The lowest BCUT2D eigenvalue weighted by Gasteiger charge is -2.09. The predicted molar refractivity (Wildman–Crippen MR) is 97.5 cm³/mol. The number of amides is 1. The summed E-state index contributed by atoms with van der Waals surface area (Å²) in [4.78, 5) is 21.5. The van der Waals surface area contributed by atoms with E-state index in [4.69, 9.17) is 0 Å². The van der Waals surface area contributed by atoms with Gasteiger partial charge in [0.1, 0.15) is 0 Å². The van der Waals surface area contributed by atoms with Gasteiger partial charge >= 0.3 is 0 Å². The molecule has 1 amide bonds. The van der Waals surface area contributed by atoms with Crippen molar-refractivity contribution < 1.29 is 4.79 Å². The highest BCUT2D eigenvalue weighted by atomic mass is 16.1. The molecule has 0 fully saturated rings. The highest BCUT2D eigenvalue weighted by Gasteiger charge is 2.09. The minimum Gasteiger partial charge on any atom is -0.322 e. The molecule has 1 N–H and O–H groups in total. The van der Waals surface area contributed by atoms with Gasteiger partial charge < -0.3 is 5.32 Å². The smallest absolute Gasteiger partial charge is 0.255 e. The van der Waals surface area contributed by atoms with Crippen LogP contribution in [-0.4, -0.2) is 15.9 Å². The Labute approximate surface area is 142 Å². The number of hydrogen-bond donors (Lipinski definition) is 1. The highest BCUT2D eigenvalue weighted by Crippen LogP contribution is 2.19. The van der Waals surface area contributed by atoms with Crippen LogP contribution in [0.3, 0.4) is 0 Å². The molecule has 4 heteroatoms. The van der Waals surface area contributed by atoms with Crippen LogP contribution < -0.4 is 5.32 Å². The number of aromatic nitrogens is 2. The molecule has 0 saturated heterocycles. The molecule has 0 aliphatic carbocycles. The maximum atomic E-state index is 12.5. The van der Waals surface area contributed by atoms with Gasteiger partial charge in [-0.25, -0.2) is 9.97 Å². The number of carbonyl (C=O) groups is 1. The van der Waals surface area contributed by atoms with Crippen LogP contribution in [0.15, 0.2) is 42.5 Å². The number of fused-ring (bicyclic) bond motifs is 1. The Morgan fingerprint density at radius 3 is 2.17 bits per heavy atom. The predicted octanol–water partition coefficient (Wildman–Crippen LogP) is 4.62. The topological polar surface area (TPSA) is 54.9 Å². The number of benzene rings is 2. The van der Waals surface area contributed by atoms with E-state index in [1.54, 1.807) is 12.1 Å². The van der Waals surface area contributed by atoms with Crippen LogP contribution in [0.5, 0.6) is 0 Å².